The van der Waals surface area contributed by atoms with E-state index in [0.717, 1.165) is 11.5 Å². The molecule has 0 fully saturated rings. The summed E-state index contributed by atoms with van der Waals surface area (Å²) in [6, 6.07) is 7.00. The molecule has 0 radical (unpaired) electrons. The van der Waals surface area contributed by atoms with Crippen LogP contribution in [0, 0.1) is 0 Å². The predicted molar refractivity (Wildman–Crippen MR) is 70.3 cm³/mol. The second-order valence-corrected chi connectivity index (χ2v) is 4.42. The lowest BCUT2D eigenvalue weighted by atomic mass is 10.2. The third-order valence-corrected chi connectivity index (χ3v) is 2.88. The van der Waals surface area contributed by atoms with Gasteiger partial charge < -0.3 is 14.2 Å². The average molecular weight is 262 g/mol. The summed E-state index contributed by atoms with van der Waals surface area (Å²) in [5.74, 6) is 1.47. The van der Waals surface area contributed by atoms with Gasteiger partial charge in [0.05, 0.1) is 31.2 Å². The zero-order valence-corrected chi connectivity index (χ0v) is 11.1. The number of furan rings is 2. The standard InChI is InChI=1S/C14H18N2O3/c1-10(13-6-4-8-19-13)16-11(2)14(17)15-9-12-5-3-7-18-12/h3-8,10-11,16H,9H2,1-2H3,(H,15,17)/t10-,11?/m0/s1. The van der Waals surface area contributed by atoms with Crippen molar-refractivity contribution in [1.82, 2.24) is 10.6 Å². The van der Waals surface area contributed by atoms with Crippen LogP contribution in [0.25, 0.3) is 0 Å². The van der Waals surface area contributed by atoms with Crippen LogP contribution in [-0.2, 0) is 11.3 Å². The molecule has 5 nitrogen and oxygen atoms in total. The van der Waals surface area contributed by atoms with Gasteiger partial charge in [-0.2, -0.15) is 0 Å². The van der Waals surface area contributed by atoms with Gasteiger partial charge in [0.1, 0.15) is 11.5 Å². The van der Waals surface area contributed by atoms with Crippen molar-refractivity contribution in [3.05, 3.63) is 48.3 Å². The van der Waals surface area contributed by atoms with E-state index in [4.69, 9.17) is 8.83 Å². The van der Waals surface area contributed by atoms with E-state index in [1.54, 1.807) is 18.6 Å². The van der Waals surface area contributed by atoms with E-state index in [0.29, 0.717) is 6.54 Å². The van der Waals surface area contributed by atoms with Crippen molar-refractivity contribution in [1.29, 1.82) is 0 Å². The summed E-state index contributed by atoms with van der Waals surface area (Å²) in [7, 11) is 0. The van der Waals surface area contributed by atoms with Crippen LogP contribution in [0.5, 0.6) is 0 Å². The molecule has 102 valence electrons. The average Bonchev–Trinajstić information content (AvgIpc) is 3.08. The van der Waals surface area contributed by atoms with Crippen LogP contribution in [0.3, 0.4) is 0 Å². The molecule has 0 saturated heterocycles. The number of carbonyl (C=O) groups is 1. The van der Waals surface area contributed by atoms with Crippen molar-refractivity contribution >= 4 is 5.91 Å². The third-order valence-electron chi connectivity index (χ3n) is 2.88. The first-order valence-electron chi connectivity index (χ1n) is 6.26. The second-order valence-electron chi connectivity index (χ2n) is 4.42. The molecule has 2 rings (SSSR count). The number of carbonyl (C=O) groups excluding carboxylic acids is 1. The van der Waals surface area contributed by atoms with Gasteiger partial charge in [-0.15, -0.1) is 0 Å². The topological polar surface area (TPSA) is 67.4 Å². The maximum atomic E-state index is 11.9. The fraction of sp³-hybridized carbons (Fsp3) is 0.357. The molecule has 1 amide bonds. The Balaban J connectivity index is 1.79. The number of hydrogen-bond donors (Lipinski definition) is 2. The van der Waals surface area contributed by atoms with Crippen LogP contribution in [0.1, 0.15) is 31.4 Å². The van der Waals surface area contributed by atoms with Gasteiger partial charge in [0.2, 0.25) is 5.91 Å². The lowest BCUT2D eigenvalue weighted by molar-refractivity contribution is -0.123. The highest BCUT2D eigenvalue weighted by atomic mass is 16.3. The first-order chi connectivity index (χ1) is 9.16. The summed E-state index contributed by atoms with van der Waals surface area (Å²) in [5.41, 5.74) is 0. The maximum absolute atomic E-state index is 11.9. The molecule has 2 N–H and O–H groups in total. The van der Waals surface area contributed by atoms with Crippen LogP contribution in [0.4, 0.5) is 0 Å². The Bertz CT molecular complexity index is 491. The van der Waals surface area contributed by atoms with Gasteiger partial charge in [0.25, 0.3) is 0 Å². The van der Waals surface area contributed by atoms with E-state index in [1.165, 1.54) is 0 Å². The van der Waals surface area contributed by atoms with Crippen molar-refractivity contribution in [2.45, 2.75) is 32.5 Å². The molecule has 2 aromatic heterocycles. The summed E-state index contributed by atoms with van der Waals surface area (Å²) in [4.78, 5) is 11.9. The summed E-state index contributed by atoms with van der Waals surface area (Å²) in [6.45, 7) is 4.17. The molecular weight excluding hydrogens is 244 g/mol. The van der Waals surface area contributed by atoms with E-state index < -0.39 is 0 Å². The smallest absolute Gasteiger partial charge is 0.237 e. The summed E-state index contributed by atoms with van der Waals surface area (Å²) < 4.78 is 10.4. The first kappa shape index (κ1) is 13.4. The molecule has 0 aliphatic rings. The van der Waals surface area contributed by atoms with E-state index >= 15 is 0 Å². The zero-order valence-electron chi connectivity index (χ0n) is 11.1. The summed E-state index contributed by atoms with van der Waals surface area (Å²) >= 11 is 0. The number of amides is 1. The monoisotopic (exact) mass is 262 g/mol. The molecular formula is C14H18N2O3. The molecule has 0 aliphatic carbocycles. The molecule has 2 atom stereocenters. The van der Waals surface area contributed by atoms with Gasteiger partial charge >= 0.3 is 0 Å². The second kappa shape index (κ2) is 6.24. The Hall–Kier alpha value is -2.01. The zero-order chi connectivity index (χ0) is 13.7. The predicted octanol–water partition coefficient (Wildman–Crippen LogP) is 2.23. The molecule has 0 aliphatic heterocycles. The van der Waals surface area contributed by atoms with Gasteiger partial charge in [-0.25, -0.2) is 0 Å². The fourth-order valence-corrected chi connectivity index (χ4v) is 1.81. The molecule has 19 heavy (non-hydrogen) atoms. The minimum atomic E-state index is -0.310. The Kier molecular flexibility index (Phi) is 4.41. The highest BCUT2D eigenvalue weighted by Crippen LogP contribution is 2.12. The maximum Gasteiger partial charge on any atom is 0.237 e. The Morgan fingerprint density at radius 3 is 2.58 bits per heavy atom. The van der Waals surface area contributed by atoms with Gasteiger partial charge in [-0.05, 0) is 38.1 Å². The number of rotatable bonds is 6. The Morgan fingerprint density at radius 2 is 1.95 bits per heavy atom. The lowest BCUT2D eigenvalue weighted by Gasteiger charge is -2.17. The van der Waals surface area contributed by atoms with Crippen molar-refractivity contribution in [2.75, 3.05) is 0 Å². The van der Waals surface area contributed by atoms with Crippen LogP contribution in [-0.4, -0.2) is 11.9 Å². The van der Waals surface area contributed by atoms with Crippen molar-refractivity contribution < 1.29 is 13.6 Å². The minimum absolute atomic E-state index is 0.0145. The van der Waals surface area contributed by atoms with Gasteiger partial charge in [-0.1, -0.05) is 0 Å². The highest BCUT2D eigenvalue weighted by Gasteiger charge is 2.17. The lowest BCUT2D eigenvalue weighted by Crippen LogP contribution is -2.42. The molecule has 0 spiro atoms. The molecule has 2 heterocycles. The quantitative estimate of drug-likeness (QED) is 0.837. The third kappa shape index (κ3) is 3.72. The largest absolute Gasteiger partial charge is 0.468 e. The van der Waals surface area contributed by atoms with E-state index in [9.17, 15) is 4.79 Å². The Morgan fingerprint density at radius 1 is 1.21 bits per heavy atom. The summed E-state index contributed by atoms with van der Waals surface area (Å²) in [5, 5.41) is 5.99. The van der Waals surface area contributed by atoms with Gasteiger partial charge in [0.15, 0.2) is 0 Å². The molecule has 0 aromatic carbocycles. The van der Waals surface area contributed by atoms with Crippen LogP contribution in [0.15, 0.2) is 45.6 Å². The SMILES string of the molecule is CC(N[C@@H](C)c1ccco1)C(=O)NCc1ccco1. The summed E-state index contributed by atoms with van der Waals surface area (Å²) in [6.07, 6.45) is 3.21. The van der Waals surface area contributed by atoms with Gasteiger partial charge in [0, 0.05) is 0 Å². The minimum Gasteiger partial charge on any atom is -0.468 e. The molecule has 2 aromatic rings. The van der Waals surface area contributed by atoms with E-state index in [2.05, 4.69) is 10.6 Å². The highest BCUT2D eigenvalue weighted by molar-refractivity contribution is 5.81. The van der Waals surface area contributed by atoms with Crippen molar-refractivity contribution in [3.8, 4) is 0 Å². The Labute approximate surface area is 112 Å². The number of nitrogens with one attached hydrogen (secondary N) is 2. The van der Waals surface area contributed by atoms with E-state index in [-0.39, 0.29) is 18.0 Å². The van der Waals surface area contributed by atoms with E-state index in [1.807, 2.05) is 32.0 Å². The number of hydrogen-bond acceptors (Lipinski definition) is 4. The molecule has 0 bridgehead atoms. The fourth-order valence-electron chi connectivity index (χ4n) is 1.81. The van der Waals surface area contributed by atoms with Crippen LogP contribution >= 0.6 is 0 Å². The normalized spacial score (nSPS) is 14.0. The molecule has 1 unspecified atom stereocenters. The molecule has 5 heteroatoms. The molecule has 0 saturated carbocycles. The van der Waals surface area contributed by atoms with Gasteiger partial charge in [-0.3, -0.25) is 10.1 Å². The van der Waals surface area contributed by atoms with Crippen LogP contribution < -0.4 is 10.6 Å². The van der Waals surface area contributed by atoms with Crippen molar-refractivity contribution in [3.63, 3.8) is 0 Å². The first-order valence-corrected chi connectivity index (χ1v) is 6.26. The van der Waals surface area contributed by atoms with Crippen molar-refractivity contribution in [2.24, 2.45) is 0 Å². The van der Waals surface area contributed by atoms with Crippen LogP contribution in [0.2, 0.25) is 0 Å².